The van der Waals surface area contributed by atoms with Crippen LogP contribution in [0.3, 0.4) is 0 Å². The molecule has 1 saturated heterocycles. The molecule has 1 fully saturated rings. The van der Waals surface area contributed by atoms with Gasteiger partial charge in [0.15, 0.2) is 5.13 Å². The van der Waals surface area contributed by atoms with Crippen LogP contribution in [0.25, 0.3) is 10.2 Å². The summed E-state index contributed by atoms with van der Waals surface area (Å²) in [5.41, 5.74) is 1.61. The Bertz CT molecular complexity index is 958. The molecule has 7 nitrogen and oxygen atoms in total. The van der Waals surface area contributed by atoms with Crippen LogP contribution in [0.5, 0.6) is 5.75 Å². The second-order valence-corrected chi connectivity index (χ2v) is 7.88. The third-order valence-corrected chi connectivity index (χ3v) is 6.24. The smallest absolute Gasteiger partial charge is 0.257 e. The van der Waals surface area contributed by atoms with Gasteiger partial charge in [0, 0.05) is 45.5 Å². The van der Waals surface area contributed by atoms with E-state index in [4.69, 9.17) is 9.72 Å². The minimum absolute atomic E-state index is 0.0358. The van der Waals surface area contributed by atoms with Gasteiger partial charge in [-0.2, -0.15) is 5.10 Å². The molecule has 3 heterocycles. The molecule has 0 radical (unpaired) electrons. The third kappa shape index (κ3) is 3.49. The number of aryl methyl sites for hydroxylation is 1. The van der Waals surface area contributed by atoms with E-state index in [2.05, 4.69) is 16.1 Å². The molecule has 0 bridgehead atoms. The number of piperidine rings is 1. The number of hydrogen-bond donors (Lipinski definition) is 0. The maximum Gasteiger partial charge on any atom is 0.257 e. The SMILES string of the molecule is COc1ccc2sc(N3CCC(N(C)C(=O)c4cnn(C)c4)CC3)nc2c1. The summed E-state index contributed by atoms with van der Waals surface area (Å²) >= 11 is 1.71. The van der Waals surface area contributed by atoms with Gasteiger partial charge in [-0.1, -0.05) is 11.3 Å². The second-order valence-electron chi connectivity index (χ2n) is 6.87. The summed E-state index contributed by atoms with van der Waals surface area (Å²) in [7, 11) is 5.38. The zero-order valence-corrected chi connectivity index (χ0v) is 16.6. The molecule has 1 aromatic carbocycles. The summed E-state index contributed by atoms with van der Waals surface area (Å²) < 4.78 is 8.11. The van der Waals surface area contributed by atoms with Crippen molar-refractivity contribution in [3.8, 4) is 5.75 Å². The van der Waals surface area contributed by atoms with E-state index in [9.17, 15) is 4.79 Å². The van der Waals surface area contributed by atoms with Crippen molar-refractivity contribution in [1.29, 1.82) is 0 Å². The first kappa shape index (κ1) is 17.8. The van der Waals surface area contributed by atoms with Gasteiger partial charge in [-0.25, -0.2) is 4.98 Å². The van der Waals surface area contributed by atoms with Crippen LogP contribution in [0.2, 0.25) is 0 Å². The normalized spacial score (nSPS) is 15.3. The Morgan fingerprint density at radius 2 is 2.11 bits per heavy atom. The fourth-order valence-corrected chi connectivity index (χ4v) is 4.50. The number of nitrogens with zero attached hydrogens (tertiary/aromatic N) is 5. The van der Waals surface area contributed by atoms with E-state index < -0.39 is 0 Å². The number of amides is 1. The Kier molecular flexibility index (Phi) is 4.73. The number of ether oxygens (including phenoxy) is 1. The maximum atomic E-state index is 12.6. The van der Waals surface area contributed by atoms with Crippen molar-refractivity contribution in [2.45, 2.75) is 18.9 Å². The van der Waals surface area contributed by atoms with Gasteiger partial charge in [0.25, 0.3) is 5.91 Å². The predicted molar refractivity (Wildman–Crippen MR) is 107 cm³/mol. The highest BCUT2D eigenvalue weighted by Crippen LogP contribution is 2.33. The topological polar surface area (TPSA) is 63.5 Å². The van der Waals surface area contributed by atoms with E-state index >= 15 is 0 Å². The van der Waals surface area contributed by atoms with E-state index in [-0.39, 0.29) is 11.9 Å². The quantitative estimate of drug-likeness (QED) is 0.691. The lowest BCUT2D eigenvalue weighted by atomic mass is 10.0. The molecule has 3 aromatic rings. The minimum Gasteiger partial charge on any atom is -0.497 e. The zero-order chi connectivity index (χ0) is 19.0. The first-order valence-electron chi connectivity index (χ1n) is 9.00. The van der Waals surface area contributed by atoms with E-state index in [0.717, 1.165) is 47.0 Å². The summed E-state index contributed by atoms with van der Waals surface area (Å²) in [6, 6.07) is 6.24. The average Bonchev–Trinajstić information content (AvgIpc) is 3.32. The number of fused-ring (bicyclic) bond motifs is 1. The van der Waals surface area contributed by atoms with Crippen molar-refractivity contribution in [1.82, 2.24) is 19.7 Å². The Morgan fingerprint density at radius 3 is 2.78 bits per heavy atom. The van der Waals surface area contributed by atoms with Gasteiger partial charge in [0.1, 0.15) is 5.75 Å². The van der Waals surface area contributed by atoms with Crippen molar-refractivity contribution >= 4 is 32.6 Å². The highest BCUT2D eigenvalue weighted by molar-refractivity contribution is 7.22. The van der Waals surface area contributed by atoms with Crippen LogP contribution in [-0.2, 0) is 7.05 Å². The molecular formula is C19H23N5O2S. The minimum atomic E-state index is 0.0358. The highest BCUT2D eigenvalue weighted by Gasteiger charge is 2.27. The van der Waals surface area contributed by atoms with Crippen LogP contribution in [0.15, 0.2) is 30.6 Å². The van der Waals surface area contributed by atoms with Crippen LogP contribution in [0, 0.1) is 0 Å². The molecule has 1 amide bonds. The molecule has 0 spiro atoms. The molecule has 0 saturated carbocycles. The Balaban J connectivity index is 1.42. The van der Waals surface area contributed by atoms with Crippen LogP contribution in [0.4, 0.5) is 5.13 Å². The molecule has 0 aliphatic carbocycles. The fraction of sp³-hybridized carbons (Fsp3) is 0.421. The molecule has 0 N–H and O–H groups in total. The lowest BCUT2D eigenvalue weighted by Gasteiger charge is -2.36. The molecular weight excluding hydrogens is 362 g/mol. The Labute approximate surface area is 162 Å². The first-order chi connectivity index (χ1) is 13.0. The van der Waals surface area contributed by atoms with Gasteiger partial charge in [0.2, 0.25) is 0 Å². The lowest BCUT2D eigenvalue weighted by molar-refractivity contribution is 0.0709. The largest absolute Gasteiger partial charge is 0.497 e. The van der Waals surface area contributed by atoms with Crippen molar-refractivity contribution < 1.29 is 9.53 Å². The highest BCUT2D eigenvalue weighted by atomic mass is 32.1. The molecule has 27 heavy (non-hydrogen) atoms. The van der Waals surface area contributed by atoms with E-state index in [1.54, 1.807) is 35.5 Å². The number of aromatic nitrogens is 3. The predicted octanol–water partition coefficient (Wildman–Crippen LogP) is 2.78. The number of benzene rings is 1. The number of methoxy groups -OCH3 is 1. The number of carbonyl (C=O) groups is 1. The van der Waals surface area contributed by atoms with Crippen LogP contribution < -0.4 is 9.64 Å². The molecule has 0 unspecified atom stereocenters. The van der Waals surface area contributed by atoms with Gasteiger partial charge >= 0.3 is 0 Å². The number of thiazole rings is 1. The Hall–Kier alpha value is -2.61. The molecule has 4 rings (SSSR count). The summed E-state index contributed by atoms with van der Waals surface area (Å²) in [6.45, 7) is 1.79. The molecule has 1 aliphatic heterocycles. The second kappa shape index (κ2) is 7.19. The standard InChI is InChI=1S/C19H23N5O2S/c1-22-12-13(11-20-22)18(25)23(2)14-6-8-24(9-7-14)19-21-16-10-15(26-3)4-5-17(16)27-19/h4-5,10-12,14H,6-9H2,1-3H3. The van der Waals surface area contributed by atoms with Crippen LogP contribution in [0.1, 0.15) is 23.2 Å². The fourth-order valence-electron chi connectivity index (χ4n) is 3.50. The molecule has 8 heteroatoms. The summed E-state index contributed by atoms with van der Waals surface area (Å²) in [5.74, 6) is 0.863. The van der Waals surface area contributed by atoms with E-state index in [0.29, 0.717) is 5.56 Å². The van der Waals surface area contributed by atoms with Gasteiger partial charge in [-0.05, 0) is 25.0 Å². The molecule has 2 aromatic heterocycles. The number of hydrogen-bond acceptors (Lipinski definition) is 6. The summed E-state index contributed by atoms with van der Waals surface area (Å²) in [4.78, 5) is 21.6. The van der Waals surface area contributed by atoms with Crippen molar-refractivity contribution in [2.75, 3.05) is 32.1 Å². The maximum absolute atomic E-state index is 12.6. The van der Waals surface area contributed by atoms with Crippen molar-refractivity contribution in [2.24, 2.45) is 7.05 Å². The monoisotopic (exact) mass is 385 g/mol. The Morgan fingerprint density at radius 1 is 1.33 bits per heavy atom. The van der Waals surface area contributed by atoms with E-state index in [1.165, 1.54) is 0 Å². The lowest BCUT2D eigenvalue weighted by Crippen LogP contribution is -2.45. The average molecular weight is 385 g/mol. The van der Waals surface area contributed by atoms with Crippen molar-refractivity contribution in [3.05, 3.63) is 36.2 Å². The first-order valence-corrected chi connectivity index (χ1v) is 9.82. The van der Waals surface area contributed by atoms with Crippen LogP contribution in [-0.4, -0.2) is 58.9 Å². The van der Waals surface area contributed by atoms with E-state index in [1.807, 2.05) is 31.1 Å². The number of rotatable bonds is 4. The summed E-state index contributed by atoms with van der Waals surface area (Å²) in [6.07, 6.45) is 5.26. The van der Waals surface area contributed by atoms with Crippen LogP contribution >= 0.6 is 11.3 Å². The third-order valence-electron chi connectivity index (χ3n) is 5.14. The molecule has 0 atom stereocenters. The summed E-state index contributed by atoms with van der Waals surface area (Å²) in [5, 5.41) is 5.13. The van der Waals surface area contributed by atoms with Gasteiger partial charge in [-0.3, -0.25) is 9.48 Å². The zero-order valence-electron chi connectivity index (χ0n) is 15.8. The number of anilines is 1. The van der Waals surface area contributed by atoms with Gasteiger partial charge in [-0.15, -0.1) is 0 Å². The molecule has 142 valence electrons. The van der Waals surface area contributed by atoms with Gasteiger partial charge in [0.05, 0.1) is 29.1 Å². The van der Waals surface area contributed by atoms with Crippen molar-refractivity contribution in [3.63, 3.8) is 0 Å². The van der Waals surface area contributed by atoms with Gasteiger partial charge < -0.3 is 14.5 Å². The molecule has 1 aliphatic rings. The number of carbonyl (C=O) groups excluding carboxylic acids is 1.